The average Bonchev–Trinajstić information content (AvgIpc) is 3.17. The van der Waals surface area contributed by atoms with Gasteiger partial charge >= 0.3 is 0 Å². The van der Waals surface area contributed by atoms with Crippen LogP contribution in [0.3, 0.4) is 0 Å². The van der Waals surface area contributed by atoms with Crippen molar-refractivity contribution in [3.8, 4) is 0 Å². The van der Waals surface area contributed by atoms with Crippen molar-refractivity contribution < 1.29 is 24.1 Å². The van der Waals surface area contributed by atoms with Crippen LogP contribution in [0.15, 0.2) is 6.33 Å². The monoisotopic (exact) mass is 386 g/mol. The van der Waals surface area contributed by atoms with E-state index in [4.69, 9.17) is 21.1 Å². The number of halogens is 2. The standard InChI is InChI=1S/C15H18ClFN5O4/c16-15-20-12(19-7-1-3-25-4-2-7)10-13(21-15)22(6-18-10)14-9(17)11(24)8(5-23)26-14/h6-9,11,14,24H,1-5H2,(H,19,20,21)/t8-,9+,11-,14-/m1/s1. The molecule has 0 amide bonds. The van der Waals surface area contributed by atoms with Crippen LogP contribution in [0.25, 0.3) is 11.2 Å². The van der Waals surface area contributed by atoms with E-state index < -0.39 is 31.2 Å². The molecule has 9 nitrogen and oxygen atoms in total. The lowest BCUT2D eigenvalue weighted by Gasteiger charge is -2.23. The van der Waals surface area contributed by atoms with Crippen LogP contribution in [0.2, 0.25) is 5.28 Å². The first-order valence-corrected chi connectivity index (χ1v) is 8.76. The van der Waals surface area contributed by atoms with Crippen LogP contribution >= 0.6 is 11.6 Å². The third-order valence-corrected chi connectivity index (χ3v) is 4.86. The summed E-state index contributed by atoms with van der Waals surface area (Å²) in [6.45, 7) is 0.570. The number of rotatable bonds is 4. The molecule has 141 valence electrons. The zero-order valence-corrected chi connectivity index (χ0v) is 14.5. The largest absolute Gasteiger partial charge is 0.387 e. The zero-order valence-electron chi connectivity index (χ0n) is 13.7. The van der Waals surface area contributed by atoms with Gasteiger partial charge in [0, 0.05) is 19.3 Å². The van der Waals surface area contributed by atoms with E-state index in [-0.39, 0.29) is 17.0 Å². The van der Waals surface area contributed by atoms with Gasteiger partial charge in [0.2, 0.25) is 5.28 Å². The smallest absolute Gasteiger partial charge is 0.226 e. The van der Waals surface area contributed by atoms with Crippen molar-refractivity contribution in [3.05, 3.63) is 11.6 Å². The molecule has 2 aromatic heterocycles. The second-order valence-electron chi connectivity index (χ2n) is 6.36. The molecule has 2 aromatic rings. The minimum atomic E-state index is -1.77. The number of ether oxygens (including phenoxy) is 2. The van der Waals surface area contributed by atoms with Crippen LogP contribution in [0.1, 0.15) is 19.1 Å². The first kappa shape index (κ1) is 17.8. The highest BCUT2D eigenvalue weighted by Crippen LogP contribution is 2.34. The Hall–Kier alpha value is -1.59. The molecule has 0 spiro atoms. The molecule has 11 heteroatoms. The summed E-state index contributed by atoms with van der Waals surface area (Å²) in [4.78, 5) is 12.6. The van der Waals surface area contributed by atoms with Crippen LogP contribution in [-0.2, 0) is 14.6 Å². The number of aliphatic hydroxyl groups is 1. The molecule has 2 N–H and O–H groups in total. The Morgan fingerprint density at radius 1 is 1.38 bits per heavy atom. The number of nitrogens with zero attached hydrogens (tertiary/aromatic N) is 4. The summed E-state index contributed by atoms with van der Waals surface area (Å²) in [5, 5.41) is 24.1. The van der Waals surface area contributed by atoms with E-state index in [2.05, 4.69) is 20.3 Å². The van der Waals surface area contributed by atoms with Crippen LogP contribution in [0, 0.1) is 0 Å². The van der Waals surface area contributed by atoms with Crippen LogP contribution < -0.4 is 5.32 Å². The average molecular weight is 387 g/mol. The van der Waals surface area contributed by atoms with Gasteiger partial charge in [0.15, 0.2) is 29.4 Å². The first-order valence-electron chi connectivity index (χ1n) is 8.38. The maximum Gasteiger partial charge on any atom is 0.226 e. The van der Waals surface area contributed by atoms with E-state index >= 15 is 0 Å². The Morgan fingerprint density at radius 2 is 2.15 bits per heavy atom. The van der Waals surface area contributed by atoms with E-state index in [1.165, 1.54) is 10.9 Å². The predicted molar refractivity (Wildman–Crippen MR) is 88.2 cm³/mol. The van der Waals surface area contributed by atoms with E-state index in [1.54, 1.807) is 0 Å². The summed E-state index contributed by atoms with van der Waals surface area (Å²) in [7, 11) is 0. The summed E-state index contributed by atoms with van der Waals surface area (Å²) in [6.07, 6.45) is -2.60. The quantitative estimate of drug-likeness (QED) is 0.756. The summed E-state index contributed by atoms with van der Waals surface area (Å²) in [5.41, 5.74) is 0.683. The maximum absolute atomic E-state index is 14.4. The molecule has 2 saturated heterocycles. The molecule has 2 aliphatic rings. The first-order chi connectivity index (χ1) is 12.6. The number of imidazole rings is 1. The Bertz CT molecular complexity index is 787. The predicted octanol–water partition coefficient (Wildman–Crippen LogP) is 1.10. The van der Waals surface area contributed by atoms with Gasteiger partial charge in [-0.3, -0.25) is 4.57 Å². The van der Waals surface area contributed by atoms with Gasteiger partial charge in [0.05, 0.1) is 6.33 Å². The molecular formula is C15H18ClFN5O4. The van der Waals surface area contributed by atoms with Crippen molar-refractivity contribution in [3.63, 3.8) is 0 Å². The molecule has 4 atom stereocenters. The highest BCUT2D eigenvalue weighted by molar-refractivity contribution is 6.28. The molecule has 0 unspecified atom stereocenters. The third-order valence-electron chi connectivity index (χ3n) is 4.69. The topological polar surface area (TPSA) is 114 Å². The number of aliphatic hydroxyl groups excluding tert-OH is 1. The van der Waals surface area contributed by atoms with Gasteiger partial charge < -0.3 is 19.9 Å². The highest BCUT2D eigenvalue weighted by Gasteiger charge is 2.45. The SMILES string of the molecule is [O]C[C@H]1O[C@@H](n2cnc3c(NC4CCOCC4)nc(Cl)nc32)[C@@H](F)[C@@H]1O. The molecule has 0 aromatic carbocycles. The Morgan fingerprint density at radius 3 is 2.85 bits per heavy atom. The van der Waals surface area contributed by atoms with Gasteiger partial charge in [0.25, 0.3) is 0 Å². The maximum atomic E-state index is 14.4. The molecular weight excluding hydrogens is 369 g/mol. The molecule has 0 aliphatic carbocycles. The minimum Gasteiger partial charge on any atom is -0.387 e. The second-order valence-corrected chi connectivity index (χ2v) is 6.70. The summed E-state index contributed by atoms with van der Waals surface area (Å²) < 4.78 is 26.4. The van der Waals surface area contributed by atoms with Gasteiger partial charge in [-0.25, -0.2) is 14.5 Å². The number of hydrogen-bond donors (Lipinski definition) is 2. The van der Waals surface area contributed by atoms with E-state index in [0.29, 0.717) is 24.5 Å². The normalized spacial score (nSPS) is 30.2. The minimum absolute atomic E-state index is 0.0249. The number of alkyl halides is 1. The van der Waals surface area contributed by atoms with E-state index in [9.17, 15) is 14.6 Å². The number of fused-ring (bicyclic) bond motifs is 1. The Kier molecular flexibility index (Phi) is 4.93. The number of hydrogen-bond acceptors (Lipinski definition) is 7. The van der Waals surface area contributed by atoms with Gasteiger partial charge in [-0.15, -0.1) is 0 Å². The summed E-state index contributed by atoms with van der Waals surface area (Å²) in [6, 6.07) is 0.159. The number of aromatic nitrogens is 4. The van der Waals surface area contributed by atoms with Crippen molar-refractivity contribution in [2.75, 3.05) is 25.1 Å². The van der Waals surface area contributed by atoms with E-state index in [0.717, 1.165) is 12.8 Å². The van der Waals surface area contributed by atoms with Crippen molar-refractivity contribution in [2.24, 2.45) is 0 Å². The van der Waals surface area contributed by atoms with Crippen LogP contribution in [-0.4, -0.2) is 68.9 Å². The van der Waals surface area contributed by atoms with Gasteiger partial charge in [-0.2, -0.15) is 9.97 Å². The van der Waals surface area contributed by atoms with Crippen LogP contribution in [0.4, 0.5) is 10.2 Å². The van der Waals surface area contributed by atoms with Crippen molar-refractivity contribution in [1.82, 2.24) is 19.5 Å². The van der Waals surface area contributed by atoms with Gasteiger partial charge in [-0.05, 0) is 24.4 Å². The second kappa shape index (κ2) is 7.20. The fourth-order valence-corrected chi connectivity index (χ4v) is 3.44. The summed E-state index contributed by atoms with van der Waals surface area (Å²) in [5.74, 6) is 0.444. The van der Waals surface area contributed by atoms with Crippen molar-refractivity contribution >= 4 is 28.6 Å². The lowest BCUT2D eigenvalue weighted by Crippen LogP contribution is -2.30. The van der Waals surface area contributed by atoms with Gasteiger partial charge in [-0.1, -0.05) is 0 Å². The van der Waals surface area contributed by atoms with E-state index in [1.807, 2.05) is 0 Å². The fourth-order valence-electron chi connectivity index (χ4n) is 3.28. The Balaban J connectivity index is 1.67. The summed E-state index contributed by atoms with van der Waals surface area (Å²) >= 11 is 6.04. The lowest BCUT2D eigenvalue weighted by atomic mass is 10.1. The highest BCUT2D eigenvalue weighted by atomic mass is 35.5. The molecule has 4 rings (SSSR count). The Labute approximate surface area is 153 Å². The van der Waals surface area contributed by atoms with Gasteiger partial charge in [0.1, 0.15) is 18.8 Å². The molecule has 0 bridgehead atoms. The molecule has 0 saturated carbocycles. The van der Waals surface area contributed by atoms with Crippen molar-refractivity contribution in [1.29, 1.82) is 0 Å². The number of nitrogens with one attached hydrogen (secondary N) is 1. The third kappa shape index (κ3) is 3.12. The zero-order chi connectivity index (χ0) is 18.3. The molecule has 26 heavy (non-hydrogen) atoms. The fraction of sp³-hybridized carbons (Fsp3) is 0.667. The number of anilines is 1. The van der Waals surface area contributed by atoms with Crippen LogP contribution in [0.5, 0.6) is 0 Å². The molecule has 2 aliphatic heterocycles. The lowest BCUT2D eigenvalue weighted by molar-refractivity contribution is -0.0593. The molecule has 1 radical (unpaired) electrons. The molecule has 2 fully saturated rings. The van der Waals surface area contributed by atoms with Crippen molar-refractivity contribution in [2.45, 2.75) is 43.5 Å². The molecule has 4 heterocycles.